The van der Waals surface area contributed by atoms with Crippen LogP contribution < -0.4 is 4.74 Å². The van der Waals surface area contributed by atoms with Crippen LogP contribution in [0, 0.1) is 0 Å². The number of nitrogens with zero attached hydrogens (tertiary/aromatic N) is 1. The lowest BCUT2D eigenvalue weighted by atomic mass is 10.1. The lowest BCUT2D eigenvalue weighted by Crippen LogP contribution is -2.23. The standard InChI is InChI=1S/C18H20ClNO5S/c1-12(14-7-5-6-8-15(14)19)25-18(21)13-9-10-16(24-4)17(11-13)26(22,23)20(2)3/h5-12H,1-4H3/t12-/m0/s1. The normalized spacial score (nSPS) is 12.7. The molecule has 1 atom stereocenters. The number of benzene rings is 2. The molecule has 0 fully saturated rings. The minimum Gasteiger partial charge on any atom is -0.495 e. The van der Waals surface area contributed by atoms with Crippen molar-refractivity contribution in [3.8, 4) is 5.75 Å². The molecule has 0 radical (unpaired) electrons. The molecule has 8 heteroatoms. The predicted octanol–water partition coefficient (Wildman–Crippen LogP) is 3.52. The van der Waals surface area contributed by atoms with Crippen LogP contribution in [0.4, 0.5) is 0 Å². The molecule has 0 saturated carbocycles. The lowest BCUT2D eigenvalue weighted by molar-refractivity contribution is 0.0338. The number of carbonyl (C=O) groups is 1. The zero-order valence-electron chi connectivity index (χ0n) is 14.9. The van der Waals surface area contributed by atoms with Gasteiger partial charge in [-0.2, -0.15) is 0 Å². The first kappa shape index (κ1) is 20.2. The molecule has 26 heavy (non-hydrogen) atoms. The third kappa shape index (κ3) is 4.17. The molecule has 0 N–H and O–H groups in total. The van der Waals surface area contributed by atoms with Gasteiger partial charge in [0.15, 0.2) is 0 Å². The van der Waals surface area contributed by atoms with Crippen LogP contribution in [-0.2, 0) is 14.8 Å². The highest BCUT2D eigenvalue weighted by Gasteiger charge is 2.25. The molecular formula is C18H20ClNO5S. The number of ether oxygens (including phenoxy) is 2. The van der Waals surface area contributed by atoms with Crippen molar-refractivity contribution in [2.24, 2.45) is 0 Å². The van der Waals surface area contributed by atoms with E-state index in [0.29, 0.717) is 10.6 Å². The first-order valence-corrected chi connectivity index (χ1v) is 9.56. The Kier molecular flexibility index (Phi) is 6.28. The molecule has 0 unspecified atom stereocenters. The quantitative estimate of drug-likeness (QED) is 0.697. The molecule has 2 rings (SSSR count). The van der Waals surface area contributed by atoms with Gasteiger partial charge in [0, 0.05) is 24.7 Å². The number of hydrogen-bond donors (Lipinski definition) is 0. The summed E-state index contributed by atoms with van der Waals surface area (Å²) in [6.45, 7) is 1.69. The second kappa shape index (κ2) is 8.07. The maximum absolute atomic E-state index is 12.5. The molecule has 0 aliphatic rings. The maximum Gasteiger partial charge on any atom is 0.338 e. The summed E-state index contributed by atoms with van der Waals surface area (Å²) in [6, 6.07) is 11.2. The molecule has 0 saturated heterocycles. The SMILES string of the molecule is COc1ccc(C(=O)O[C@@H](C)c2ccccc2Cl)cc1S(=O)(=O)N(C)C. The summed E-state index contributed by atoms with van der Waals surface area (Å²) >= 11 is 6.12. The summed E-state index contributed by atoms with van der Waals surface area (Å²) < 4.78 is 36.5. The van der Waals surface area contributed by atoms with Crippen molar-refractivity contribution in [3.05, 3.63) is 58.6 Å². The van der Waals surface area contributed by atoms with Crippen LogP contribution in [0.2, 0.25) is 5.02 Å². The predicted molar refractivity (Wildman–Crippen MR) is 99.1 cm³/mol. The van der Waals surface area contributed by atoms with E-state index >= 15 is 0 Å². The van der Waals surface area contributed by atoms with Crippen molar-refractivity contribution in [2.75, 3.05) is 21.2 Å². The van der Waals surface area contributed by atoms with E-state index in [0.717, 1.165) is 4.31 Å². The molecule has 0 aliphatic heterocycles. The van der Waals surface area contributed by atoms with Crippen LogP contribution in [0.15, 0.2) is 47.4 Å². The minimum atomic E-state index is -3.78. The van der Waals surface area contributed by atoms with Crippen LogP contribution in [0.1, 0.15) is 28.9 Å². The Bertz CT molecular complexity index is 912. The van der Waals surface area contributed by atoms with Gasteiger partial charge < -0.3 is 9.47 Å². The largest absolute Gasteiger partial charge is 0.495 e. The molecule has 0 heterocycles. The number of carbonyl (C=O) groups excluding carboxylic acids is 1. The number of rotatable bonds is 6. The molecule has 0 amide bonds. The summed E-state index contributed by atoms with van der Waals surface area (Å²) in [6.07, 6.45) is -0.591. The Morgan fingerprint density at radius 3 is 2.38 bits per heavy atom. The molecule has 0 aromatic heterocycles. The fraction of sp³-hybridized carbons (Fsp3) is 0.278. The molecule has 0 spiro atoms. The molecule has 2 aromatic carbocycles. The van der Waals surface area contributed by atoms with Crippen molar-refractivity contribution in [3.63, 3.8) is 0 Å². The Morgan fingerprint density at radius 2 is 1.81 bits per heavy atom. The maximum atomic E-state index is 12.5. The van der Waals surface area contributed by atoms with Gasteiger partial charge in [-0.05, 0) is 31.2 Å². The highest BCUT2D eigenvalue weighted by Crippen LogP contribution is 2.29. The second-order valence-electron chi connectivity index (χ2n) is 5.72. The van der Waals surface area contributed by atoms with Crippen LogP contribution in [-0.4, -0.2) is 39.9 Å². The average molecular weight is 398 g/mol. The van der Waals surface area contributed by atoms with E-state index in [1.54, 1.807) is 31.2 Å². The third-order valence-electron chi connectivity index (χ3n) is 3.78. The van der Waals surface area contributed by atoms with Gasteiger partial charge in [0.2, 0.25) is 10.0 Å². The first-order valence-electron chi connectivity index (χ1n) is 7.74. The van der Waals surface area contributed by atoms with Gasteiger partial charge in [-0.25, -0.2) is 17.5 Å². The average Bonchev–Trinajstić information content (AvgIpc) is 2.61. The van der Waals surface area contributed by atoms with E-state index in [2.05, 4.69) is 0 Å². The lowest BCUT2D eigenvalue weighted by Gasteiger charge is -2.17. The Balaban J connectivity index is 2.34. The van der Waals surface area contributed by atoms with E-state index in [1.807, 2.05) is 0 Å². The van der Waals surface area contributed by atoms with Gasteiger partial charge in [-0.1, -0.05) is 29.8 Å². The fourth-order valence-electron chi connectivity index (χ4n) is 2.30. The second-order valence-corrected chi connectivity index (χ2v) is 8.25. The number of methoxy groups -OCH3 is 1. The summed E-state index contributed by atoms with van der Waals surface area (Å²) in [5.74, 6) is -0.510. The summed E-state index contributed by atoms with van der Waals surface area (Å²) in [5.41, 5.74) is 0.766. The molecule has 2 aromatic rings. The number of halogens is 1. The first-order chi connectivity index (χ1) is 12.2. The Hall–Kier alpha value is -2.09. The smallest absolute Gasteiger partial charge is 0.338 e. The monoisotopic (exact) mass is 397 g/mol. The van der Waals surface area contributed by atoms with Gasteiger partial charge in [0.25, 0.3) is 0 Å². The summed E-state index contributed by atoms with van der Waals surface area (Å²) in [7, 11) is 0.383. The molecule has 0 aliphatic carbocycles. The third-order valence-corrected chi connectivity index (χ3v) is 5.97. The van der Waals surface area contributed by atoms with Crippen molar-refractivity contribution in [1.29, 1.82) is 0 Å². The minimum absolute atomic E-state index is 0.102. The van der Waals surface area contributed by atoms with Crippen LogP contribution in [0.25, 0.3) is 0 Å². The van der Waals surface area contributed by atoms with E-state index in [9.17, 15) is 13.2 Å². The topological polar surface area (TPSA) is 72.9 Å². The van der Waals surface area contributed by atoms with Gasteiger partial charge in [0.05, 0.1) is 12.7 Å². The van der Waals surface area contributed by atoms with E-state index in [-0.39, 0.29) is 16.2 Å². The van der Waals surface area contributed by atoms with Gasteiger partial charge in [0.1, 0.15) is 16.7 Å². The molecule has 140 valence electrons. The van der Waals surface area contributed by atoms with E-state index in [1.165, 1.54) is 39.4 Å². The fourth-order valence-corrected chi connectivity index (χ4v) is 3.66. The van der Waals surface area contributed by atoms with Gasteiger partial charge in [-0.15, -0.1) is 0 Å². The van der Waals surface area contributed by atoms with Gasteiger partial charge in [-0.3, -0.25) is 0 Å². The molecule has 6 nitrogen and oxygen atoms in total. The van der Waals surface area contributed by atoms with E-state index < -0.39 is 22.1 Å². The zero-order chi connectivity index (χ0) is 19.5. The van der Waals surface area contributed by atoms with Crippen molar-refractivity contribution < 1.29 is 22.7 Å². The zero-order valence-corrected chi connectivity index (χ0v) is 16.5. The summed E-state index contributed by atoms with van der Waals surface area (Å²) in [5, 5.41) is 0.485. The van der Waals surface area contributed by atoms with Crippen LogP contribution in [0.3, 0.4) is 0 Å². The highest BCUT2D eigenvalue weighted by atomic mass is 35.5. The Labute approximate surface area is 158 Å². The highest BCUT2D eigenvalue weighted by molar-refractivity contribution is 7.89. The number of esters is 1. The Morgan fingerprint density at radius 1 is 1.15 bits per heavy atom. The van der Waals surface area contributed by atoms with Crippen LogP contribution in [0.5, 0.6) is 5.75 Å². The van der Waals surface area contributed by atoms with Crippen molar-refractivity contribution in [1.82, 2.24) is 4.31 Å². The van der Waals surface area contributed by atoms with E-state index in [4.69, 9.17) is 21.1 Å². The van der Waals surface area contributed by atoms with Crippen LogP contribution >= 0.6 is 11.6 Å². The molecule has 0 bridgehead atoms. The molecular weight excluding hydrogens is 378 g/mol. The van der Waals surface area contributed by atoms with Crippen molar-refractivity contribution in [2.45, 2.75) is 17.9 Å². The summed E-state index contributed by atoms with van der Waals surface area (Å²) in [4.78, 5) is 12.4. The number of hydrogen-bond acceptors (Lipinski definition) is 5. The van der Waals surface area contributed by atoms with Gasteiger partial charge >= 0.3 is 5.97 Å². The number of sulfonamides is 1. The van der Waals surface area contributed by atoms with Crippen molar-refractivity contribution >= 4 is 27.6 Å².